The van der Waals surface area contributed by atoms with E-state index in [1.54, 1.807) is 0 Å². The molecule has 0 saturated heterocycles. The lowest BCUT2D eigenvalue weighted by atomic mass is 10.1. The Balaban J connectivity index is 2.32. The fraction of sp³-hybridized carbons (Fsp3) is 0.704. The van der Waals surface area contributed by atoms with Crippen LogP contribution in [0.25, 0.3) is 6.08 Å². The van der Waals surface area contributed by atoms with Gasteiger partial charge in [0.15, 0.2) is 0 Å². The molecular weight excluding hydrogens is 338 g/mol. The highest BCUT2D eigenvalue weighted by Gasteiger charge is 2.06. The normalized spacial score (nSPS) is 11.2. The maximum absolute atomic E-state index is 3.86. The zero-order chi connectivity index (χ0) is 20.3. The summed E-state index contributed by atoms with van der Waals surface area (Å²) < 4.78 is 0. The molecule has 0 aromatic heterocycles. The lowest BCUT2D eigenvalue weighted by molar-refractivity contribution is 0.252. The molecule has 0 aliphatic carbocycles. The Labute approximate surface area is 176 Å². The number of hydrogen-bond donors (Lipinski definition) is 0. The van der Waals surface area contributed by atoms with Crippen molar-refractivity contribution in [2.24, 2.45) is 0 Å². The van der Waals surface area contributed by atoms with E-state index in [1.165, 1.54) is 114 Å². The van der Waals surface area contributed by atoms with Gasteiger partial charge >= 0.3 is 0 Å². The number of hydrogen-bond acceptors (Lipinski definition) is 1. The van der Waals surface area contributed by atoms with E-state index in [4.69, 9.17) is 0 Å². The van der Waals surface area contributed by atoms with Gasteiger partial charge < -0.3 is 0 Å². The van der Waals surface area contributed by atoms with Crippen LogP contribution < -0.4 is 0 Å². The lowest BCUT2D eigenvalue weighted by Crippen LogP contribution is -2.25. The van der Waals surface area contributed by atoms with Crippen LogP contribution in [-0.4, -0.2) is 18.0 Å². The van der Waals surface area contributed by atoms with Gasteiger partial charge in [0, 0.05) is 6.54 Å². The molecule has 0 bridgehead atoms. The summed E-state index contributed by atoms with van der Waals surface area (Å²) in [5.41, 5.74) is 2.66. The molecule has 1 rings (SSSR count). The summed E-state index contributed by atoms with van der Waals surface area (Å²) in [7, 11) is 0. The quantitative estimate of drug-likeness (QED) is 0.215. The standard InChI is InChI=1S/C27H47N/c1-4-7-9-11-13-15-17-23-28(24-18-16-14-12-10-8-5-2)25-27-21-19-26(6-3)20-22-27/h6,19-22H,3-5,7-18,23-25H2,1-2H3. The average Bonchev–Trinajstić information content (AvgIpc) is 2.72. The maximum Gasteiger partial charge on any atom is 0.0233 e. The van der Waals surface area contributed by atoms with Crippen LogP contribution in [-0.2, 0) is 6.54 Å². The molecule has 1 heteroatoms. The molecule has 0 saturated carbocycles. The summed E-state index contributed by atoms with van der Waals surface area (Å²) in [4.78, 5) is 2.70. The first-order chi connectivity index (χ1) is 13.8. The van der Waals surface area contributed by atoms with Gasteiger partial charge in [-0.05, 0) is 37.1 Å². The average molecular weight is 386 g/mol. The second kappa shape index (κ2) is 18.0. The number of benzene rings is 1. The fourth-order valence-electron chi connectivity index (χ4n) is 3.87. The number of nitrogens with zero attached hydrogens (tertiary/aromatic N) is 1. The summed E-state index contributed by atoms with van der Waals surface area (Å²) in [5, 5.41) is 0. The van der Waals surface area contributed by atoms with Crippen molar-refractivity contribution in [3.63, 3.8) is 0 Å². The summed E-state index contributed by atoms with van der Waals surface area (Å²) in [5.74, 6) is 0. The highest BCUT2D eigenvalue weighted by atomic mass is 15.1. The highest BCUT2D eigenvalue weighted by Crippen LogP contribution is 2.13. The Hall–Kier alpha value is -1.08. The topological polar surface area (TPSA) is 3.24 Å². The van der Waals surface area contributed by atoms with E-state index in [0.29, 0.717) is 0 Å². The minimum Gasteiger partial charge on any atom is -0.299 e. The van der Waals surface area contributed by atoms with E-state index < -0.39 is 0 Å². The van der Waals surface area contributed by atoms with Crippen LogP contribution in [0.5, 0.6) is 0 Å². The van der Waals surface area contributed by atoms with E-state index in [2.05, 4.69) is 49.6 Å². The van der Waals surface area contributed by atoms with Gasteiger partial charge in [0.1, 0.15) is 0 Å². The molecule has 0 N–H and O–H groups in total. The van der Waals surface area contributed by atoms with Crippen molar-refractivity contribution in [1.29, 1.82) is 0 Å². The molecule has 0 aliphatic rings. The van der Waals surface area contributed by atoms with E-state index >= 15 is 0 Å². The molecule has 0 aliphatic heterocycles. The molecule has 0 amide bonds. The van der Waals surface area contributed by atoms with E-state index in [1.807, 2.05) is 6.08 Å². The van der Waals surface area contributed by atoms with Crippen LogP contribution in [0, 0.1) is 0 Å². The van der Waals surface area contributed by atoms with Gasteiger partial charge in [0.25, 0.3) is 0 Å². The Morgan fingerprint density at radius 2 is 1.07 bits per heavy atom. The van der Waals surface area contributed by atoms with E-state index in [9.17, 15) is 0 Å². The van der Waals surface area contributed by atoms with Crippen molar-refractivity contribution >= 4 is 6.08 Å². The van der Waals surface area contributed by atoms with Gasteiger partial charge in [-0.3, -0.25) is 4.90 Å². The summed E-state index contributed by atoms with van der Waals surface area (Å²) in [6.45, 7) is 12.1. The molecule has 28 heavy (non-hydrogen) atoms. The molecule has 1 aromatic carbocycles. The Kier molecular flexibility index (Phi) is 16.0. The van der Waals surface area contributed by atoms with Crippen molar-refractivity contribution in [3.8, 4) is 0 Å². The van der Waals surface area contributed by atoms with Crippen molar-refractivity contribution in [2.75, 3.05) is 13.1 Å². The van der Waals surface area contributed by atoms with E-state index in [0.717, 1.165) is 6.54 Å². The molecule has 0 fully saturated rings. The predicted molar refractivity (Wildman–Crippen MR) is 128 cm³/mol. The Morgan fingerprint density at radius 3 is 1.50 bits per heavy atom. The summed E-state index contributed by atoms with van der Waals surface area (Å²) >= 11 is 0. The summed E-state index contributed by atoms with van der Waals surface area (Å²) in [6.07, 6.45) is 21.5. The van der Waals surface area contributed by atoms with Crippen molar-refractivity contribution in [1.82, 2.24) is 4.90 Å². The molecule has 0 heterocycles. The highest BCUT2D eigenvalue weighted by molar-refractivity contribution is 5.47. The molecule has 0 atom stereocenters. The Morgan fingerprint density at radius 1 is 0.643 bits per heavy atom. The van der Waals surface area contributed by atoms with E-state index in [-0.39, 0.29) is 0 Å². The van der Waals surface area contributed by atoms with Gasteiger partial charge in [0.05, 0.1) is 0 Å². The first kappa shape index (κ1) is 25.0. The molecule has 0 radical (unpaired) electrons. The Bertz CT molecular complexity index is 444. The van der Waals surface area contributed by atoms with Gasteiger partial charge in [0.2, 0.25) is 0 Å². The van der Waals surface area contributed by atoms with Gasteiger partial charge in [-0.1, -0.05) is 128 Å². The smallest absolute Gasteiger partial charge is 0.0233 e. The molecule has 1 aromatic rings. The van der Waals surface area contributed by atoms with Crippen LogP contribution in [0.2, 0.25) is 0 Å². The largest absolute Gasteiger partial charge is 0.299 e. The third-order valence-electron chi connectivity index (χ3n) is 5.78. The molecule has 0 unspecified atom stereocenters. The summed E-state index contributed by atoms with van der Waals surface area (Å²) in [6, 6.07) is 8.95. The van der Waals surface area contributed by atoms with Gasteiger partial charge in [-0.2, -0.15) is 0 Å². The maximum atomic E-state index is 3.86. The van der Waals surface area contributed by atoms with Crippen LogP contribution in [0.4, 0.5) is 0 Å². The number of rotatable bonds is 19. The van der Waals surface area contributed by atoms with Crippen molar-refractivity contribution in [2.45, 2.75) is 110 Å². The minimum atomic E-state index is 1.10. The zero-order valence-electron chi connectivity index (χ0n) is 19.1. The fourth-order valence-corrected chi connectivity index (χ4v) is 3.87. The second-order valence-electron chi connectivity index (χ2n) is 8.46. The van der Waals surface area contributed by atoms with Crippen LogP contribution >= 0.6 is 0 Å². The van der Waals surface area contributed by atoms with Crippen molar-refractivity contribution < 1.29 is 0 Å². The predicted octanol–water partition coefficient (Wildman–Crippen LogP) is 8.63. The van der Waals surface area contributed by atoms with Gasteiger partial charge in [-0.25, -0.2) is 0 Å². The molecular formula is C27H47N. The second-order valence-corrected chi connectivity index (χ2v) is 8.46. The lowest BCUT2D eigenvalue weighted by Gasteiger charge is -2.22. The van der Waals surface area contributed by atoms with Crippen LogP contribution in [0.15, 0.2) is 30.8 Å². The van der Waals surface area contributed by atoms with Crippen LogP contribution in [0.3, 0.4) is 0 Å². The minimum absolute atomic E-state index is 1.10. The SMILES string of the molecule is C=Cc1ccc(CN(CCCCCCCCC)CCCCCCCCC)cc1. The monoisotopic (exact) mass is 385 g/mol. The van der Waals surface area contributed by atoms with Crippen molar-refractivity contribution in [3.05, 3.63) is 42.0 Å². The third-order valence-corrected chi connectivity index (χ3v) is 5.78. The third kappa shape index (κ3) is 13.2. The number of unbranched alkanes of at least 4 members (excludes halogenated alkanes) is 12. The van der Waals surface area contributed by atoms with Gasteiger partial charge in [-0.15, -0.1) is 0 Å². The van der Waals surface area contributed by atoms with Crippen LogP contribution in [0.1, 0.15) is 115 Å². The molecule has 0 spiro atoms. The zero-order valence-corrected chi connectivity index (χ0v) is 19.1. The molecule has 1 nitrogen and oxygen atoms in total. The molecule has 160 valence electrons. The first-order valence-electron chi connectivity index (χ1n) is 12.2. The first-order valence-corrected chi connectivity index (χ1v) is 12.2.